The molecule has 4 rings (SSSR count). The van der Waals surface area contributed by atoms with Crippen molar-refractivity contribution in [2.24, 2.45) is 0 Å². The Hall–Kier alpha value is -4.62. The second-order valence-corrected chi connectivity index (χ2v) is 6.57. The number of para-hydroxylation sites is 1. The molecule has 0 atom stereocenters. The molecule has 4 aromatic rings. The van der Waals surface area contributed by atoms with Crippen LogP contribution in [-0.2, 0) is 0 Å². The summed E-state index contributed by atoms with van der Waals surface area (Å²) in [7, 11) is 0. The van der Waals surface area contributed by atoms with Crippen LogP contribution in [0.15, 0.2) is 66.9 Å². The van der Waals surface area contributed by atoms with Crippen molar-refractivity contribution in [2.45, 2.75) is 0 Å². The highest BCUT2D eigenvalue weighted by atomic mass is 19.1. The van der Waals surface area contributed by atoms with Crippen LogP contribution in [0.2, 0.25) is 0 Å². The number of nitrogens with zero attached hydrogens (tertiary/aromatic N) is 4. The first-order valence-electron chi connectivity index (χ1n) is 9.17. The van der Waals surface area contributed by atoms with Crippen LogP contribution in [-0.4, -0.2) is 9.97 Å². The summed E-state index contributed by atoms with van der Waals surface area (Å²) < 4.78 is 29.7. The Morgan fingerprint density at radius 2 is 1.71 bits per heavy atom. The summed E-state index contributed by atoms with van der Waals surface area (Å²) in [4.78, 5) is 8.72. The molecule has 148 valence electrons. The van der Waals surface area contributed by atoms with E-state index in [1.807, 2.05) is 6.07 Å². The fourth-order valence-corrected chi connectivity index (χ4v) is 3.15. The Morgan fingerprint density at radius 1 is 0.968 bits per heavy atom. The number of hydrogen-bond donors (Lipinski definition) is 1. The van der Waals surface area contributed by atoms with Crippen molar-refractivity contribution < 1.29 is 8.78 Å². The van der Waals surface area contributed by atoms with Gasteiger partial charge < -0.3 is 5.32 Å². The number of nitriles is 2. The lowest BCUT2D eigenvalue weighted by molar-refractivity contribution is 0.589. The maximum absolute atomic E-state index is 14.8. The van der Waals surface area contributed by atoms with Crippen molar-refractivity contribution >= 4 is 28.6 Å². The largest absolute Gasteiger partial charge is 0.324 e. The number of nitrogens with one attached hydrogen (secondary N) is 1. The molecular weight excluding hydrogens is 396 g/mol. The number of anilines is 2. The van der Waals surface area contributed by atoms with E-state index >= 15 is 0 Å². The zero-order valence-corrected chi connectivity index (χ0v) is 16.0. The SMILES string of the molecule is N#C/C=C/c1cc(F)c(-c2cccc3cnc(Nc4ccc(C#N)cc4)nc23)c(F)c1. The molecule has 0 aliphatic rings. The summed E-state index contributed by atoms with van der Waals surface area (Å²) >= 11 is 0. The Labute approximate surface area is 176 Å². The van der Waals surface area contributed by atoms with Crippen molar-refractivity contribution in [1.29, 1.82) is 10.5 Å². The van der Waals surface area contributed by atoms with Gasteiger partial charge in [0.1, 0.15) is 11.6 Å². The first kappa shape index (κ1) is 19.7. The molecule has 0 spiro atoms. The van der Waals surface area contributed by atoms with Crippen LogP contribution in [0.25, 0.3) is 28.1 Å². The van der Waals surface area contributed by atoms with E-state index in [-0.39, 0.29) is 22.6 Å². The minimum Gasteiger partial charge on any atom is -0.324 e. The third-order valence-electron chi connectivity index (χ3n) is 4.57. The molecule has 7 heteroatoms. The van der Waals surface area contributed by atoms with Gasteiger partial charge in [0.15, 0.2) is 0 Å². The van der Waals surface area contributed by atoms with Crippen LogP contribution in [0.5, 0.6) is 0 Å². The molecule has 5 nitrogen and oxygen atoms in total. The van der Waals surface area contributed by atoms with Crippen molar-refractivity contribution in [3.8, 4) is 23.3 Å². The highest BCUT2D eigenvalue weighted by Crippen LogP contribution is 2.33. The number of fused-ring (bicyclic) bond motifs is 1. The Bertz CT molecular complexity index is 1370. The average Bonchev–Trinajstić information content (AvgIpc) is 2.78. The van der Waals surface area contributed by atoms with E-state index in [1.54, 1.807) is 54.7 Å². The second-order valence-electron chi connectivity index (χ2n) is 6.57. The number of aromatic nitrogens is 2. The van der Waals surface area contributed by atoms with E-state index < -0.39 is 11.6 Å². The van der Waals surface area contributed by atoms with Crippen LogP contribution in [0.1, 0.15) is 11.1 Å². The normalized spacial score (nSPS) is 10.7. The van der Waals surface area contributed by atoms with Crippen molar-refractivity contribution in [2.75, 3.05) is 5.32 Å². The number of rotatable bonds is 4. The molecule has 0 bridgehead atoms. The quantitative estimate of drug-likeness (QED) is 0.435. The Kier molecular flexibility index (Phi) is 5.33. The van der Waals surface area contributed by atoms with Gasteiger partial charge in [0, 0.05) is 28.9 Å². The molecule has 0 unspecified atom stereocenters. The minimum absolute atomic E-state index is 0.206. The Morgan fingerprint density at radius 3 is 2.39 bits per heavy atom. The summed E-state index contributed by atoms with van der Waals surface area (Å²) in [6.07, 6.45) is 4.05. The van der Waals surface area contributed by atoms with Gasteiger partial charge >= 0.3 is 0 Å². The van der Waals surface area contributed by atoms with Crippen LogP contribution in [0.4, 0.5) is 20.4 Å². The van der Waals surface area contributed by atoms with E-state index in [2.05, 4.69) is 15.3 Å². The van der Waals surface area contributed by atoms with E-state index in [4.69, 9.17) is 10.5 Å². The smallest absolute Gasteiger partial charge is 0.227 e. The topological polar surface area (TPSA) is 85.4 Å². The van der Waals surface area contributed by atoms with Gasteiger partial charge in [-0.05, 0) is 48.0 Å². The molecule has 31 heavy (non-hydrogen) atoms. The predicted octanol–water partition coefficient (Wildman–Crippen LogP) is 5.73. The minimum atomic E-state index is -0.759. The maximum Gasteiger partial charge on any atom is 0.227 e. The molecule has 0 saturated carbocycles. The van der Waals surface area contributed by atoms with Crippen molar-refractivity contribution in [3.63, 3.8) is 0 Å². The second kappa shape index (κ2) is 8.40. The summed E-state index contributed by atoms with van der Waals surface area (Å²) in [6.45, 7) is 0. The van der Waals surface area contributed by atoms with Crippen molar-refractivity contribution in [1.82, 2.24) is 9.97 Å². The first-order chi connectivity index (χ1) is 15.1. The fourth-order valence-electron chi connectivity index (χ4n) is 3.15. The maximum atomic E-state index is 14.8. The highest BCUT2D eigenvalue weighted by Gasteiger charge is 2.17. The van der Waals surface area contributed by atoms with Crippen molar-refractivity contribution in [3.05, 3.63) is 89.6 Å². The van der Waals surface area contributed by atoms with Gasteiger partial charge in [-0.1, -0.05) is 18.2 Å². The van der Waals surface area contributed by atoms with Crippen LogP contribution >= 0.6 is 0 Å². The van der Waals surface area contributed by atoms with E-state index in [9.17, 15) is 8.78 Å². The molecule has 0 radical (unpaired) electrons. The number of allylic oxidation sites excluding steroid dienone is 1. The zero-order valence-electron chi connectivity index (χ0n) is 16.0. The molecule has 0 aliphatic heterocycles. The van der Waals surface area contributed by atoms with E-state index in [1.165, 1.54) is 18.2 Å². The van der Waals surface area contributed by atoms with Gasteiger partial charge in [-0.25, -0.2) is 18.7 Å². The molecule has 0 aliphatic carbocycles. The van der Waals surface area contributed by atoms with E-state index in [0.717, 1.165) is 6.08 Å². The van der Waals surface area contributed by atoms with Gasteiger partial charge in [0.2, 0.25) is 5.95 Å². The first-order valence-corrected chi connectivity index (χ1v) is 9.17. The van der Waals surface area contributed by atoms with Crippen LogP contribution in [0.3, 0.4) is 0 Å². The summed E-state index contributed by atoms with van der Waals surface area (Å²) in [6, 6.07) is 17.9. The summed E-state index contributed by atoms with van der Waals surface area (Å²) in [5, 5.41) is 21.2. The molecule has 1 aromatic heterocycles. The molecule has 1 N–H and O–H groups in total. The average molecular weight is 409 g/mol. The number of halogens is 2. The van der Waals surface area contributed by atoms with Gasteiger partial charge in [0.25, 0.3) is 0 Å². The number of benzene rings is 3. The van der Waals surface area contributed by atoms with Crippen LogP contribution in [0, 0.1) is 34.3 Å². The monoisotopic (exact) mass is 409 g/mol. The lowest BCUT2D eigenvalue weighted by Crippen LogP contribution is -1.99. The molecule has 3 aromatic carbocycles. The summed E-state index contributed by atoms with van der Waals surface area (Å²) in [5.74, 6) is -1.27. The molecule has 0 fully saturated rings. The molecule has 0 saturated heterocycles. The van der Waals surface area contributed by atoms with Gasteiger partial charge in [-0.2, -0.15) is 10.5 Å². The number of hydrogen-bond acceptors (Lipinski definition) is 5. The fraction of sp³-hybridized carbons (Fsp3) is 0. The summed E-state index contributed by atoms with van der Waals surface area (Å²) in [5.41, 5.74) is 1.90. The standard InChI is InChI=1S/C24H13F2N5/c25-20-11-16(3-2-10-27)12-21(26)22(20)19-5-1-4-17-14-29-24(31-23(17)19)30-18-8-6-15(13-28)7-9-18/h1-9,11-12,14H,(H,29,30,31)/b3-2+. The highest BCUT2D eigenvalue weighted by molar-refractivity contribution is 5.94. The molecular formula is C24H13F2N5. The predicted molar refractivity (Wildman–Crippen MR) is 114 cm³/mol. The van der Waals surface area contributed by atoms with Gasteiger partial charge in [-0.3, -0.25) is 0 Å². The van der Waals surface area contributed by atoms with Gasteiger partial charge in [-0.15, -0.1) is 0 Å². The zero-order chi connectivity index (χ0) is 21.8. The lowest BCUT2D eigenvalue weighted by Gasteiger charge is -2.11. The lowest BCUT2D eigenvalue weighted by atomic mass is 9.99. The van der Waals surface area contributed by atoms with Gasteiger partial charge in [0.05, 0.1) is 28.8 Å². The third-order valence-corrected chi connectivity index (χ3v) is 4.57. The van der Waals surface area contributed by atoms with Crippen LogP contribution < -0.4 is 5.32 Å². The Balaban J connectivity index is 1.78. The molecule has 0 amide bonds. The molecule has 1 heterocycles. The third kappa shape index (κ3) is 4.07. The van der Waals surface area contributed by atoms with E-state index in [0.29, 0.717) is 22.2 Å².